The molecule has 11 heteroatoms. The Labute approximate surface area is 170 Å². The van der Waals surface area contributed by atoms with Crippen molar-refractivity contribution in [2.75, 3.05) is 19.5 Å². The van der Waals surface area contributed by atoms with Crippen molar-refractivity contribution < 1.29 is 24.8 Å². The number of imidazole rings is 1. The first-order chi connectivity index (χ1) is 13.9. The first kappa shape index (κ1) is 19.8. The van der Waals surface area contributed by atoms with Crippen molar-refractivity contribution >= 4 is 28.6 Å². The summed E-state index contributed by atoms with van der Waals surface area (Å²) in [5.74, 6) is 0.682. The van der Waals surface area contributed by atoms with Gasteiger partial charge in [0.25, 0.3) is 0 Å². The van der Waals surface area contributed by atoms with Gasteiger partial charge in [0, 0.05) is 17.0 Å². The molecule has 5 N–H and O–H groups in total. The zero-order chi connectivity index (χ0) is 20.8. The Kier molecular flexibility index (Phi) is 5.05. The molecule has 1 saturated heterocycles. The maximum atomic E-state index is 11.0. The Morgan fingerprint density at radius 3 is 2.79 bits per heavy atom. The summed E-state index contributed by atoms with van der Waals surface area (Å²) in [5.41, 5.74) is 5.58. The molecule has 4 atom stereocenters. The van der Waals surface area contributed by atoms with Crippen molar-refractivity contribution in [1.29, 1.82) is 0 Å². The number of hydrogen-bond donors (Lipinski definition) is 4. The van der Waals surface area contributed by atoms with E-state index >= 15 is 0 Å². The predicted octanol–water partition coefficient (Wildman–Crippen LogP) is 0.0789. The van der Waals surface area contributed by atoms with Crippen molar-refractivity contribution in [2.24, 2.45) is 0 Å². The second-order valence-corrected chi connectivity index (χ2v) is 7.23. The van der Waals surface area contributed by atoms with Crippen LogP contribution in [0.15, 0.2) is 30.9 Å². The Bertz CT molecular complexity index is 1050. The van der Waals surface area contributed by atoms with E-state index < -0.39 is 30.6 Å². The molecule has 29 heavy (non-hydrogen) atoms. The molecule has 4 rings (SSSR count). The van der Waals surface area contributed by atoms with Gasteiger partial charge in [-0.25, -0.2) is 15.0 Å². The van der Waals surface area contributed by atoms with E-state index in [1.165, 1.54) is 24.3 Å². The Morgan fingerprint density at radius 2 is 2.10 bits per heavy atom. The Hall–Kier alpha value is -2.50. The molecule has 1 aliphatic heterocycles. The molecule has 0 aliphatic carbocycles. The number of aromatic nitrogens is 4. The van der Waals surface area contributed by atoms with Gasteiger partial charge < -0.3 is 30.5 Å². The average molecular weight is 422 g/mol. The minimum Gasteiger partial charge on any atom is -0.496 e. The number of hydrogen-bond acceptors (Lipinski definition) is 9. The highest BCUT2D eigenvalue weighted by Crippen LogP contribution is 2.42. The highest BCUT2D eigenvalue weighted by atomic mass is 35.5. The average Bonchev–Trinajstić information content (AvgIpc) is 3.25. The van der Waals surface area contributed by atoms with Crippen molar-refractivity contribution in [2.45, 2.75) is 30.5 Å². The molecule has 0 amide bonds. The van der Waals surface area contributed by atoms with Crippen LogP contribution < -0.4 is 10.5 Å². The van der Waals surface area contributed by atoms with Gasteiger partial charge in [-0.15, -0.1) is 0 Å². The molecule has 0 saturated carbocycles. The van der Waals surface area contributed by atoms with Gasteiger partial charge in [0.2, 0.25) is 0 Å². The van der Waals surface area contributed by atoms with Crippen LogP contribution >= 0.6 is 11.6 Å². The van der Waals surface area contributed by atoms with Crippen LogP contribution in [0, 0.1) is 0 Å². The zero-order valence-electron chi connectivity index (χ0n) is 15.4. The quantitative estimate of drug-likeness (QED) is 0.449. The topological polar surface area (TPSA) is 149 Å². The minimum absolute atomic E-state index is 0.0425. The number of fused-ring (bicyclic) bond motifs is 1. The summed E-state index contributed by atoms with van der Waals surface area (Å²) >= 11 is 6.16. The fourth-order valence-corrected chi connectivity index (χ4v) is 3.93. The van der Waals surface area contributed by atoms with E-state index in [9.17, 15) is 15.3 Å². The largest absolute Gasteiger partial charge is 0.496 e. The Morgan fingerprint density at radius 1 is 1.31 bits per heavy atom. The minimum atomic E-state index is -1.56. The molecule has 1 aliphatic rings. The second kappa shape index (κ2) is 7.39. The van der Waals surface area contributed by atoms with Gasteiger partial charge in [-0.1, -0.05) is 11.6 Å². The molecule has 0 radical (unpaired) electrons. The summed E-state index contributed by atoms with van der Waals surface area (Å²) in [4.78, 5) is 12.4. The van der Waals surface area contributed by atoms with E-state index in [0.717, 1.165) is 0 Å². The molecular formula is C18H20ClN5O5. The van der Waals surface area contributed by atoms with Gasteiger partial charge in [-0.3, -0.25) is 4.57 Å². The lowest BCUT2D eigenvalue weighted by Gasteiger charge is -2.34. The number of methoxy groups -OCH3 is 1. The molecule has 2 aromatic heterocycles. The second-order valence-electron chi connectivity index (χ2n) is 6.80. The molecule has 0 spiro atoms. The molecule has 154 valence electrons. The van der Waals surface area contributed by atoms with Crippen LogP contribution in [0.3, 0.4) is 0 Å². The van der Waals surface area contributed by atoms with Gasteiger partial charge in [-0.2, -0.15) is 0 Å². The summed E-state index contributed by atoms with van der Waals surface area (Å²) in [6, 6.07) is 5.05. The van der Waals surface area contributed by atoms with Crippen LogP contribution in [0.25, 0.3) is 11.2 Å². The number of nitrogens with zero attached hydrogens (tertiary/aromatic N) is 4. The van der Waals surface area contributed by atoms with Gasteiger partial charge in [-0.05, 0) is 18.2 Å². The van der Waals surface area contributed by atoms with Crippen LogP contribution in [-0.2, 0) is 16.9 Å². The summed E-state index contributed by atoms with van der Waals surface area (Å²) < 4.78 is 12.9. The third-order valence-corrected chi connectivity index (χ3v) is 5.39. The third-order valence-electron chi connectivity index (χ3n) is 5.16. The van der Waals surface area contributed by atoms with E-state index in [-0.39, 0.29) is 12.2 Å². The third kappa shape index (κ3) is 3.09. The number of halogens is 1. The van der Waals surface area contributed by atoms with Gasteiger partial charge in [0.15, 0.2) is 17.2 Å². The van der Waals surface area contributed by atoms with Crippen LogP contribution in [0.5, 0.6) is 5.75 Å². The predicted molar refractivity (Wildman–Crippen MR) is 103 cm³/mol. The lowest BCUT2D eigenvalue weighted by atomic mass is 9.94. The number of aliphatic hydroxyl groups excluding tert-OH is 3. The lowest BCUT2D eigenvalue weighted by Crippen LogP contribution is -2.47. The maximum absolute atomic E-state index is 11.0. The van der Waals surface area contributed by atoms with Crippen LogP contribution in [0.4, 0.5) is 5.82 Å². The normalized spacial score (nSPS) is 26.9. The number of ether oxygens (including phenoxy) is 2. The molecule has 1 aromatic carbocycles. The first-order valence-electron chi connectivity index (χ1n) is 8.82. The van der Waals surface area contributed by atoms with Gasteiger partial charge in [0.05, 0.1) is 20.0 Å². The number of aliphatic hydroxyl groups is 3. The number of nitrogen functional groups attached to an aromatic ring is 1. The fraction of sp³-hybridized carbons (Fsp3) is 0.389. The SMILES string of the molecule is COc1ccc(Cl)cc1C[C@@]1(n2cnc3c(N)ncnc32)O[C@H](CO)[C@@H](O)[C@H]1O. The highest BCUT2D eigenvalue weighted by molar-refractivity contribution is 6.30. The standard InChI is InChI=1S/C18H20ClN5O5/c1-28-11-3-2-10(19)4-9(11)5-18(15(27)14(26)12(6-25)29-18)24-8-23-13-16(20)21-7-22-17(13)24/h2-4,7-8,12,14-15,25-27H,5-6H2,1H3,(H2,20,21,22)/t12-,14-,15-,18-/m1/s1. The molecule has 3 aromatic rings. The number of rotatable bonds is 5. The number of nitrogens with two attached hydrogens (primary N) is 1. The zero-order valence-corrected chi connectivity index (χ0v) is 16.2. The van der Waals surface area contributed by atoms with Crippen LogP contribution in [0.1, 0.15) is 5.56 Å². The summed E-state index contributed by atoms with van der Waals surface area (Å²) in [6.45, 7) is -0.490. The van der Waals surface area contributed by atoms with Crippen molar-refractivity contribution in [3.05, 3.63) is 41.4 Å². The van der Waals surface area contributed by atoms with Gasteiger partial charge in [0.1, 0.15) is 35.9 Å². The summed E-state index contributed by atoms with van der Waals surface area (Å²) in [6.07, 6.45) is -1.07. The molecule has 3 heterocycles. The van der Waals surface area contributed by atoms with Crippen molar-refractivity contribution in [3.63, 3.8) is 0 Å². The molecule has 1 fully saturated rings. The number of anilines is 1. The van der Waals surface area contributed by atoms with Crippen LogP contribution in [0.2, 0.25) is 5.02 Å². The fourth-order valence-electron chi connectivity index (χ4n) is 3.74. The van der Waals surface area contributed by atoms with E-state index in [2.05, 4.69) is 15.0 Å². The lowest BCUT2D eigenvalue weighted by molar-refractivity contribution is -0.145. The maximum Gasteiger partial charge on any atom is 0.180 e. The smallest absolute Gasteiger partial charge is 0.180 e. The molecule has 0 unspecified atom stereocenters. The van der Waals surface area contributed by atoms with Crippen molar-refractivity contribution in [3.8, 4) is 5.75 Å². The summed E-state index contributed by atoms with van der Waals surface area (Å²) in [7, 11) is 1.51. The first-order valence-corrected chi connectivity index (χ1v) is 9.20. The Balaban J connectivity index is 1.92. The molecule has 0 bridgehead atoms. The molecule has 10 nitrogen and oxygen atoms in total. The van der Waals surface area contributed by atoms with Crippen LogP contribution in [-0.4, -0.2) is 66.9 Å². The monoisotopic (exact) mass is 421 g/mol. The van der Waals surface area contributed by atoms with E-state index in [4.69, 9.17) is 26.8 Å². The van der Waals surface area contributed by atoms with E-state index in [0.29, 0.717) is 27.5 Å². The highest BCUT2D eigenvalue weighted by Gasteiger charge is 2.56. The van der Waals surface area contributed by atoms with Gasteiger partial charge >= 0.3 is 0 Å². The van der Waals surface area contributed by atoms with E-state index in [1.807, 2.05) is 0 Å². The van der Waals surface area contributed by atoms with Crippen molar-refractivity contribution in [1.82, 2.24) is 19.5 Å². The van der Waals surface area contributed by atoms with E-state index in [1.54, 1.807) is 18.2 Å². The number of benzene rings is 1. The summed E-state index contributed by atoms with van der Waals surface area (Å²) in [5, 5.41) is 31.6. The molecular weight excluding hydrogens is 402 g/mol.